The number of carbonyl (C=O) groups excluding carboxylic acids is 1. The van der Waals surface area contributed by atoms with Gasteiger partial charge in [-0.1, -0.05) is 24.3 Å². The highest BCUT2D eigenvalue weighted by Crippen LogP contribution is 2.32. The molecule has 1 N–H and O–H groups in total. The molecule has 0 spiro atoms. The fourth-order valence-corrected chi connectivity index (χ4v) is 3.31. The smallest absolute Gasteiger partial charge is 0.256 e. The minimum absolute atomic E-state index is 0.200. The maximum absolute atomic E-state index is 13.0. The first-order valence-electron chi connectivity index (χ1n) is 9.23. The number of amides is 1. The number of nitrogens with zero attached hydrogens (tertiary/aromatic N) is 3. The van der Waals surface area contributed by atoms with Gasteiger partial charge in [-0.25, -0.2) is 4.68 Å². The Hall–Kier alpha value is -4.00. The van der Waals surface area contributed by atoms with Crippen molar-refractivity contribution in [3.05, 3.63) is 90.4 Å². The first-order valence-corrected chi connectivity index (χ1v) is 9.23. The zero-order valence-electron chi connectivity index (χ0n) is 15.5. The van der Waals surface area contributed by atoms with Crippen molar-refractivity contribution in [2.75, 3.05) is 6.79 Å². The lowest BCUT2D eigenvalue weighted by Crippen LogP contribution is -2.24. The van der Waals surface area contributed by atoms with Crippen LogP contribution in [0.3, 0.4) is 0 Å². The lowest BCUT2D eigenvalue weighted by Gasteiger charge is -2.11. The third kappa shape index (κ3) is 3.23. The molecule has 0 unspecified atom stereocenters. The number of aromatic nitrogens is 3. The summed E-state index contributed by atoms with van der Waals surface area (Å²) < 4.78 is 14.4. The molecule has 7 heteroatoms. The van der Waals surface area contributed by atoms with Crippen molar-refractivity contribution in [2.45, 2.75) is 6.54 Å². The van der Waals surface area contributed by atoms with Crippen LogP contribution in [0.15, 0.2) is 79.3 Å². The minimum atomic E-state index is -0.200. The van der Waals surface area contributed by atoms with Gasteiger partial charge in [-0.2, -0.15) is 5.10 Å². The average Bonchev–Trinajstić information content (AvgIpc) is 3.52. The largest absolute Gasteiger partial charge is 0.454 e. The van der Waals surface area contributed by atoms with Crippen molar-refractivity contribution in [1.82, 2.24) is 19.7 Å². The summed E-state index contributed by atoms with van der Waals surface area (Å²) in [5, 5.41) is 7.44. The van der Waals surface area contributed by atoms with E-state index in [0.29, 0.717) is 23.7 Å². The molecular weight excluding hydrogens is 368 g/mol. The fourth-order valence-electron chi connectivity index (χ4n) is 3.31. The van der Waals surface area contributed by atoms with Gasteiger partial charge in [0.15, 0.2) is 17.3 Å². The van der Waals surface area contributed by atoms with Crippen molar-refractivity contribution < 1.29 is 14.3 Å². The Kier molecular flexibility index (Phi) is 4.25. The molecular formula is C22H18N4O3. The molecule has 7 nitrogen and oxygen atoms in total. The summed E-state index contributed by atoms with van der Waals surface area (Å²) in [5.41, 5.74) is 2.30. The van der Waals surface area contributed by atoms with Crippen LogP contribution in [0.2, 0.25) is 0 Å². The van der Waals surface area contributed by atoms with Gasteiger partial charge in [0.1, 0.15) is 5.56 Å². The van der Waals surface area contributed by atoms with Gasteiger partial charge in [-0.05, 0) is 42.0 Å². The Labute approximate surface area is 167 Å². The zero-order valence-corrected chi connectivity index (χ0v) is 15.5. The summed E-state index contributed by atoms with van der Waals surface area (Å²) in [7, 11) is 0. The van der Waals surface area contributed by atoms with Gasteiger partial charge in [0.05, 0.1) is 11.9 Å². The molecule has 29 heavy (non-hydrogen) atoms. The van der Waals surface area contributed by atoms with Gasteiger partial charge in [-0.15, -0.1) is 0 Å². The molecule has 1 amide bonds. The van der Waals surface area contributed by atoms with E-state index in [9.17, 15) is 4.79 Å². The lowest BCUT2D eigenvalue weighted by atomic mass is 10.2. The number of rotatable bonds is 5. The van der Waals surface area contributed by atoms with Gasteiger partial charge in [0.2, 0.25) is 6.79 Å². The van der Waals surface area contributed by atoms with Crippen molar-refractivity contribution in [3.8, 4) is 23.0 Å². The number of fused-ring (bicyclic) bond motifs is 1. The first-order chi connectivity index (χ1) is 14.3. The van der Waals surface area contributed by atoms with Crippen LogP contribution in [0.25, 0.3) is 11.5 Å². The predicted octanol–water partition coefficient (Wildman–Crippen LogP) is 3.32. The van der Waals surface area contributed by atoms with Crippen LogP contribution >= 0.6 is 0 Å². The second kappa shape index (κ2) is 7.20. The number of hydrogen-bond acceptors (Lipinski definition) is 4. The minimum Gasteiger partial charge on any atom is -0.454 e. The second-order valence-corrected chi connectivity index (χ2v) is 6.59. The summed E-state index contributed by atoms with van der Waals surface area (Å²) in [6.45, 7) is 0.598. The van der Waals surface area contributed by atoms with Gasteiger partial charge in [0, 0.05) is 18.9 Å². The number of ether oxygens (including phenoxy) is 2. The topological polar surface area (TPSA) is 70.3 Å². The molecule has 0 atom stereocenters. The van der Waals surface area contributed by atoms with E-state index in [4.69, 9.17) is 9.47 Å². The SMILES string of the molecule is O=C(NCc1ccc2c(c1)OCO2)c1cnn(-c2ccccc2)c1-n1cccc1. The van der Waals surface area contributed by atoms with Crippen LogP contribution in [0, 0.1) is 0 Å². The van der Waals surface area contributed by atoms with Crippen molar-refractivity contribution in [1.29, 1.82) is 0 Å². The molecule has 1 aliphatic rings. The Morgan fingerprint density at radius 2 is 1.79 bits per heavy atom. The van der Waals surface area contributed by atoms with E-state index >= 15 is 0 Å². The molecule has 1 aliphatic heterocycles. The molecule has 5 rings (SSSR count). The molecule has 0 radical (unpaired) electrons. The Balaban J connectivity index is 1.43. The van der Waals surface area contributed by atoms with E-state index in [0.717, 1.165) is 17.0 Å². The van der Waals surface area contributed by atoms with Crippen LogP contribution in [-0.2, 0) is 6.54 Å². The number of hydrogen-bond donors (Lipinski definition) is 1. The number of carbonyl (C=O) groups is 1. The molecule has 0 saturated heterocycles. The van der Waals surface area contributed by atoms with E-state index in [-0.39, 0.29) is 12.7 Å². The summed E-state index contributed by atoms with van der Waals surface area (Å²) in [6.07, 6.45) is 5.38. The van der Waals surface area contributed by atoms with Crippen molar-refractivity contribution in [2.24, 2.45) is 0 Å². The van der Waals surface area contributed by atoms with Gasteiger partial charge >= 0.3 is 0 Å². The van der Waals surface area contributed by atoms with E-state index < -0.39 is 0 Å². The lowest BCUT2D eigenvalue weighted by molar-refractivity contribution is 0.0951. The quantitative estimate of drug-likeness (QED) is 0.571. The molecule has 2 aromatic heterocycles. The molecule has 2 aromatic carbocycles. The summed E-state index contributed by atoms with van der Waals surface area (Å²) in [4.78, 5) is 13.0. The van der Waals surface area contributed by atoms with E-state index in [2.05, 4.69) is 10.4 Å². The maximum atomic E-state index is 13.0. The van der Waals surface area contributed by atoms with E-state index in [1.165, 1.54) is 0 Å². The van der Waals surface area contributed by atoms with Gasteiger partial charge in [-0.3, -0.25) is 4.79 Å². The Morgan fingerprint density at radius 1 is 1.00 bits per heavy atom. The molecule has 144 valence electrons. The van der Waals surface area contributed by atoms with Crippen LogP contribution < -0.4 is 14.8 Å². The summed E-state index contributed by atoms with van der Waals surface area (Å²) >= 11 is 0. The Morgan fingerprint density at radius 3 is 2.62 bits per heavy atom. The summed E-state index contributed by atoms with van der Waals surface area (Å²) in [5.74, 6) is 1.90. The first kappa shape index (κ1) is 17.1. The zero-order chi connectivity index (χ0) is 19.6. The van der Waals surface area contributed by atoms with Crippen LogP contribution in [0.1, 0.15) is 15.9 Å². The van der Waals surface area contributed by atoms with E-state index in [1.54, 1.807) is 10.9 Å². The predicted molar refractivity (Wildman–Crippen MR) is 107 cm³/mol. The third-order valence-electron chi connectivity index (χ3n) is 4.73. The van der Waals surface area contributed by atoms with E-state index in [1.807, 2.05) is 77.6 Å². The van der Waals surface area contributed by atoms with Gasteiger partial charge in [0.25, 0.3) is 5.91 Å². The maximum Gasteiger partial charge on any atom is 0.256 e. The second-order valence-electron chi connectivity index (χ2n) is 6.59. The molecule has 3 heterocycles. The molecule has 0 saturated carbocycles. The molecule has 0 bridgehead atoms. The number of benzene rings is 2. The summed E-state index contributed by atoms with van der Waals surface area (Å²) in [6, 6.07) is 19.2. The highest BCUT2D eigenvalue weighted by atomic mass is 16.7. The Bertz CT molecular complexity index is 1150. The van der Waals surface area contributed by atoms with Crippen LogP contribution in [-0.4, -0.2) is 27.0 Å². The van der Waals surface area contributed by atoms with Crippen LogP contribution in [0.4, 0.5) is 0 Å². The van der Waals surface area contributed by atoms with Crippen LogP contribution in [0.5, 0.6) is 11.5 Å². The number of nitrogens with one attached hydrogen (secondary N) is 1. The number of para-hydroxylation sites is 1. The highest BCUT2D eigenvalue weighted by molar-refractivity contribution is 5.97. The third-order valence-corrected chi connectivity index (χ3v) is 4.73. The normalized spacial score (nSPS) is 12.1. The monoisotopic (exact) mass is 386 g/mol. The molecule has 4 aromatic rings. The van der Waals surface area contributed by atoms with Gasteiger partial charge < -0.3 is 19.4 Å². The van der Waals surface area contributed by atoms with Crippen molar-refractivity contribution in [3.63, 3.8) is 0 Å². The van der Waals surface area contributed by atoms with Crippen molar-refractivity contribution >= 4 is 5.91 Å². The standard InChI is InChI=1S/C22H18N4O3/c27-21(23-13-16-8-9-19-20(12-16)29-15-28-19)18-14-24-26(17-6-2-1-3-7-17)22(18)25-10-4-5-11-25/h1-12,14H,13,15H2,(H,23,27). The fraction of sp³-hybridized carbons (Fsp3) is 0.0909. The molecule has 0 fully saturated rings. The average molecular weight is 386 g/mol. The molecule has 0 aliphatic carbocycles. The highest BCUT2D eigenvalue weighted by Gasteiger charge is 2.20.